The maximum Gasteiger partial charge on any atom is 0.325 e. The summed E-state index contributed by atoms with van der Waals surface area (Å²) in [5.41, 5.74) is 2.22. The molecule has 2 aromatic carbocycles. The molecule has 0 saturated carbocycles. The first-order valence-corrected chi connectivity index (χ1v) is 8.87. The van der Waals surface area contributed by atoms with Gasteiger partial charge in [0.15, 0.2) is 23.0 Å². The normalized spacial score (nSPS) is 10.4. The molecule has 0 N–H and O–H groups in total. The Morgan fingerprint density at radius 2 is 1.38 bits per heavy atom. The summed E-state index contributed by atoms with van der Waals surface area (Å²) in [5, 5.41) is 0. The Balaban J connectivity index is 2.43. The van der Waals surface area contributed by atoms with E-state index < -0.39 is 0 Å². The van der Waals surface area contributed by atoms with E-state index >= 15 is 0 Å². The van der Waals surface area contributed by atoms with E-state index in [1.54, 1.807) is 52.5 Å². The molecule has 0 aliphatic carbocycles. The second-order valence-corrected chi connectivity index (χ2v) is 6.47. The summed E-state index contributed by atoms with van der Waals surface area (Å²) < 4.78 is 27.0. The van der Waals surface area contributed by atoms with Crippen molar-refractivity contribution in [3.8, 4) is 28.7 Å². The summed E-state index contributed by atoms with van der Waals surface area (Å²) in [7, 11) is 9.76. The Morgan fingerprint density at radius 3 is 1.86 bits per heavy atom. The summed E-state index contributed by atoms with van der Waals surface area (Å²) in [5.74, 6) is 1.94. The smallest absolute Gasteiger partial charge is 0.325 e. The Bertz CT molecular complexity index is 866. The zero-order chi connectivity index (χ0) is 21.6. The molecule has 0 amide bonds. The number of ether oxygens (including phenoxy) is 5. The highest BCUT2D eigenvalue weighted by Gasteiger charge is 2.17. The van der Waals surface area contributed by atoms with Gasteiger partial charge in [0.25, 0.3) is 0 Å². The number of carbonyl (C=O) groups is 1. The molecule has 7 nitrogen and oxygen atoms in total. The Morgan fingerprint density at radius 1 is 0.828 bits per heavy atom. The van der Waals surface area contributed by atoms with Crippen molar-refractivity contribution in [2.75, 3.05) is 49.1 Å². The van der Waals surface area contributed by atoms with E-state index in [1.807, 2.05) is 18.2 Å². The van der Waals surface area contributed by atoms with Crippen LogP contribution in [0.25, 0.3) is 5.57 Å². The molecule has 0 aliphatic rings. The van der Waals surface area contributed by atoms with Crippen molar-refractivity contribution in [2.45, 2.75) is 0 Å². The van der Waals surface area contributed by atoms with Crippen molar-refractivity contribution in [1.29, 1.82) is 0 Å². The minimum absolute atomic E-state index is 0.154. The van der Waals surface area contributed by atoms with Crippen LogP contribution < -0.4 is 23.7 Å². The molecule has 29 heavy (non-hydrogen) atoms. The van der Waals surface area contributed by atoms with Crippen LogP contribution >= 0.6 is 0 Å². The Labute approximate surface area is 171 Å². The summed E-state index contributed by atoms with van der Waals surface area (Å²) in [6, 6.07) is 8.92. The highest BCUT2D eigenvalue weighted by atomic mass is 16.6. The van der Waals surface area contributed by atoms with Gasteiger partial charge in [0, 0.05) is 0 Å². The molecule has 0 unspecified atom stereocenters. The summed E-state index contributed by atoms with van der Waals surface area (Å²) in [6.45, 7) is 4.34. The summed E-state index contributed by atoms with van der Waals surface area (Å²) >= 11 is 0. The number of hydrogen-bond donors (Lipinski definition) is 0. The summed E-state index contributed by atoms with van der Waals surface area (Å²) in [6.07, 6.45) is 0. The quantitative estimate of drug-likeness (QED) is 0.472. The molecule has 0 aliphatic heterocycles. The third-order valence-corrected chi connectivity index (χ3v) is 4.19. The average Bonchev–Trinajstić information content (AvgIpc) is 2.71. The number of hydrogen-bond acceptors (Lipinski definition) is 7. The zero-order valence-corrected chi connectivity index (χ0v) is 17.7. The van der Waals surface area contributed by atoms with Gasteiger partial charge in [-0.1, -0.05) is 12.6 Å². The molecule has 0 fully saturated rings. The van der Waals surface area contributed by atoms with Crippen molar-refractivity contribution in [3.05, 3.63) is 48.0 Å². The number of nitrogens with zero attached hydrogens (tertiary/aromatic N) is 1. The first kappa shape index (κ1) is 22.1. The number of methoxy groups -OCH3 is 4. The zero-order valence-electron chi connectivity index (χ0n) is 17.7. The molecular formula is C22H27NO6. The predicted molar refractivity (Wildman–Crippen MR) is 111 cm³/mol. The van der Waals surface area contributed by atoms with Crippen molar-refractivity contribution in [2.24, 2.45) is 0 Å². The van der Waals surface area contributed by atoms with Gasteiger partial charge in [0.2, 0.25) is 5.75 Å². The van der Waals surface area contributed by atoms with Crippen LogP contribution in [0.4, 0.5) is 0 Å². The standard InChI is InChI=1S/C22H27NO6/c1-14(16-11-19(26-5)22(28-7)20(12-16)27-6)15-8-9-17(25-4)18(10-15)29-21(24)13-23(2)3/h8-12H,1,13H2,2-7H3. The lowest BCUT2D eigenvalue weighted by Crippen LogP contribution is -2.25. The van der Waals surface area contributed by atoms with Crippen molar-refractivity contribution in [3.63, 3.8) is 0 Å². The molecule has 0 aromatic heterocycles. The van der Waals surface area contributed by atoms with Crippen LogP contribution in [0.1, 0.15) is 11.1 Å². The third kappa shape index (κ3) is 5.20. The molecule has 0 radical (unpaired) electrons. The predicted octanol–water partition coefficient (Wildman–Crippen LogP) is 3.25. The molecule has 0 bridgehead atoms. The molecule has 0 heterocycles. The number of benzene rings is 2. The lowest BCUT2D eigenvalue weighted by molar-refractivity contribution is -0.135. The molecule has 7 heteroatoms. The minimum atomic E-state index is -0.385. The Hall–Kier alpha value is -3.19. The lowest BCUT2D eigenvalue weighted by Gasteiger charge is -2.16. The van der Waals surface area contributed by atoms with Crippen molar-refractivity contribution in [1.82, 2.24) is 4.90 Å². The second-order valence-electron chi connectivity index (χ2n) is 6.47. The van der Waals surface area contributed by atoms with Crippen LogP contribution in [-0.2, 0) is 4.79 Å². The first-order valence-electron chi connectivity index (χ1n) is 8.87. The largest absolute Gasteiger partial charge is 0.493 e. The molecule has 2 rings (SSSR count). The Kier molecular flexibility index (Phi) is 7.50. The number of rotatable bonds is 9. The number of esters is 1. The molecule has 2 aromatic rings. The van der Waals surface area contributed by atoms with E-state index in [0.717, 1.165) is 11.1 Å². The van der Waals surface area contributed by atoms with Crippen LogP contribution in [0.3, 0.4) is 0 Å². The van der Waals surface area contributed by atoms with Gasteiger partial charge in [-0.2, -0.15) is 0 Å². The topological polar surface area (TPSA) is 66.5 Å². The number of carbonyl (C=O) groups excluding carboxylic acids is 1. The van der Waals surface area contributed by atoms with Crippen LogP contribution in [0.5, 0.6) is 28.7 Å². The van der Waals surface area contributed by atoms with E-state index in [2.05, 4.69) is 6.58 Å². The molecular weight excluding hydrogens is 374 g/mol. The third-order valence-electron chi connectivity index (χ3n) is 4.19. The van der Waals surface area contributed by atoms with Crippen LogP contribution in [0.2, 0.25) is 0 Å². The van der Waals surface area contributed by atoms with E-state index in [9.17, 15) is 4.79 Å². The fraction of sp³-hybridized carbons (Fsp3) is 0.318. The molecule has 0 saturated heterocycles. The van der Waals surface area contributed by atoms with Crippen LogP contribution in [0.15, 0.2) is 36.9 Å². The van der Waals surface area contributed by atoms with Gasteiger partial charge in [0.1, 0.15) is 0 Å². The van der Waals surface area contributed by atoms with Crippen molar-refractivity contribution < 1.29 is 28.5 Å². The van der Waals surface area contributed by atoms with E-state index in [0.29, 0.717) is 34.3 Å². The fourth-order valence-corrected chi connectivity index (χ4v) is 2.78. The maximum absolute atomic E-state index is 12.1. The van der Waals surface area contributed by atoms with Crippen LogP contribution in [0, 0.1) is 0 Å². The first-order chi connectivity index (χ1) is 13.8. The van der Waals surface area contributed by atoms with Gasteiger partial charge in [-0.25, -0.2) is 0 Å². The second kappa shape index (κ2) is 9.84. The van der Waals surface area contributed by atoms with Crippen molar-refractivity contribution >= 4 is 11.5 Å². The molecule has 0 spiro atoms. The fourth-order valence-electron chi connectivity index (χ4n) is 2.78. The van der Waals surface area contributed by atoms with Gasteiger partial charge in [0.05, 0.1) is 35.0 Å². The highest BCUT2D eigenvalue weighted by molar-refractivity contribution is 5.82. The van der Waals surface area contributed by atoms with Gasteiger partial charge in [-0.05, 0) is 55.1 Å². The SMILES string of the molecule is C=C(c1ccc(OC)c(OC(=O)CN(C)C)c1)c1cc(OC)c(OC)c(OC)c1. The lowest BCUT2D eigenvalue weighted by atomic mass is 9.98. The van der Waals surface area contributed by atoms with Gasteiger partial charge in [-0.3, -0.25) is 9.69 Å². The highest BCUT2D eigenvalue weighted by Crippen LogP contribution is 2.41. The van der Waals surface area contributed by atoms with E-state index in [4.69, 9.17) is 23.7 Å². The van der Waals surface area contributed by atoms with Crippen LogP contribution in [-0.4, -0.2) is 59.9 Å². The maximum atomic E-state index is 12.1. The van der Waals surface area contributed by atoms with Gasteiger partial charge in [-0.15, -0.1) is 0 Å². The van der Waals surface area contributed by atoms with E-state index in [-0.39, 0.29) is 12.5 Å². The molecule has 0 atom stereocenters. The molecule has 156 valence electrons. The van der Waals surface area contributed by atoms with Gasteiger partial charge >= 0.3 is 5.97 Å². The van der Waals surface area contributed by atoms with E-state index in [1.165, 1.54) is 7.11 Å². The average molecular weight is 401 g/mol. The van der Waals surface area contributed by atoms with Gasteiger partial charge < -0.3 is 23.7 Å². The number of likely N-dealkylation sites (N-methyl/N-ethyl adjacent to an activating group) is 1. The monoisotopic (exact) mass is 401 g/mol. The summed E-state index contributed by atoms with van der Waals surface area (Å²) in [4.78, 5) is 13.8. The minimum Gasteiger partial charge on any atom is -0.493 e.